The van der Waals surface area contributed by atoms with Crippen LogP contribution < -0.4 is 5.73 Å². The zero-order chi connectivity index (χ0) is 15.1. The lowest BCUT2D eigenvalue weighted by atomic mass is 9.98. The molecule has 8 heteroatoms. The van der Waals surface area contributed by atoms with Gasteiger partial charge < -0.3 is 5.73 Å². The van der Waals surface area contributed by atoms with Gasteiger partial charge in [0.25, 0.3) is 0 Å². The second-order valence-corrected chi connectivity index (χ2v) is 7.23. The van der Waals surface area contributed by atoms with E-state index in [9.17, 15) is 17.6 Å². The zero-order valence-electron chi connectivity index (χ0n) is 10.7. The van der Waals surface area contributed by atoms with Crippen molar-refractivity contribution in [3.63, 3.8) is 0 Å². The number of benzene rings is 1. The van der Waals surface area contributed by atoms with E-state index in [0.29, 0.717) is 0 Å². The fourth-order valence-corrected chi connectivity index (χ4v) is 4.11. The van der Waals surface area contributed by atoms with E-state index in [1.54, 1.807) is 6.92 Å². The summed E-state index contributed by atoms with van der Waals surface area (Å²) >= 11 is 5.60. The van der Waals surface area contributed by atoms with Crippen molar-refractivity contribution in [3.8, 4) is 0 Å². The molecule has 2 N–H and O–H groups in total. The van der Waals surface area contributed by atoms with Gasteiger partial charge in [-0.3, -0.25) is 4.79 Å². The summed E-state index contributed by atoms with van der Waals surface area (Å²) in [5, 5.41) is -0.259. The predicted octanol–water partition coefficient (Wildman–Crippen LogP) is 1.22. The van der Waals surface area contributed by atoms with Crippen molar-refractivity contribution in [1.29, 1.82) is 0 Å². The lowest BCUT2D eigenvalue weighted by molar-refractivity contribution is -0.122. The maximum atomic E-state index is 13.1. The van der Waals surface area contributed by atoms with E-state index in [-0.39, 0.29) is 28.9 Å². The molecule has 0 aromatic heterocycles. The zero-order valence-corrected chi connectivity index (χ0v) is 12.3. The topological polar surface area (TPSA) is 80.5 Å². The molecule has 0 aliphatic carbocycles. The first-order valence-corrected chi connectivity index (χ1v) is 7.80. The lowest BCUT2D eigenvalue weighted by Gasteiger charge is -2.16. The minimum absolute atomic E-state index is 0.0355. The van der Waals surface area contributed by atoms with Crippen molar-refractivity contribution in [1.82, 2.24) is 4.31 Å². The third kappa shape index (κ3) is 2.65. The summed E-state index contributed by atoms with van der Waals surface area (Å²) in [6, 6.07) is 3.22. The van der Waals surface area contributed by atoms with Crippen LogP contribution in [-0.4, -0.2) is 31.7 Å². The summed E-state index contributed by atoms with van der Waals surface area (Å²) in [6.07, 6.45) is 0. The number of halogens is 2. The van der Waals surface area contributed by atoms with Crippen LogP contribution in [0.25, 0.3) is 0 Å². The van der Waals surface area contributed by atoms with Gasteiger partial charge in [-0.2, -0.15) is 4.31 Å². The van der Waals surface area contributed by atoms with Crippen LogP contribution >= 0.6 is 11.6 Å². The van der Waals surface area contributed by atoms with E-state index < -0.39 is 27.7 Å². The van der Waals surface area contributed by atoms with Crippen LogP contribution in [0.4, 0.5) is 4.39 Å². The molecule has 1 amide bonds. The highest BCUT2D eigenvalue weighted by Crippen LogP contribution is 2.29. The number of hydrogen-bond acceptors (Lipinski definition) is 3. The van der Waals surface area contributed by atoms with Gasteiger partial charge in [0.15, 0.2) is 0 Å². The third-order valence-corrected chi connectivity index (χ3v) is 5.59. The molecular weight excluding hydrogens is 307 g/mol. The number of amides is 1. The van der Waals surface area contributed by atoms with E-state index in [4.69, 9.17) is 17.3 Å². The molecule has 5 nitrogen and oxygen atoms in total. The standard InChI is InChI=1S/C12H14ClFN2O3S/c1-7-5-16(6-9(7)12(15)17)20(18,19)8-2-3-11(14)10(13)4-8/h2-4,7,9H,5-6H2,1H3,(H2,15,17)/t7-,9-/m1/s1. The van der Waals surface area contributed by atoms with Crippen LogP contribution in [0.1, 0.15) is 6.92 Å². The maximum absolute atomic E-state index is 13.1. The number of nitrogens with zero attached hydrogens (tertiary/aromatic N) is 1. The molecule has 1 aliphatic heterocycles. The van der Waals surface area contributed by atoms with Gasteiger partial charge in [-0.1, -0.05) is 18.5 Å². The fraction of sp³-hybridized carbons (Fsp3) is 0.417. The van der Waals surface area contributed by atoms with Crippen LogP contribution in [0.5, 0.6) is 0 Å². The Morgan fingerprint density at radius 1 is 1.45 bits per heavy atom. The fourth-order valence-electron chi connectivity index (χ4n) is 2.28. The van der Waals surface area contributed by atoms with E-state index >= 15 is 0 Å². The molecule has 1 heterocycles. The Bertz CT molecular complexity index is 650. The largest absolute Gasteiger partial charge is 0.369 e. The van der Waals surface area contributed by atoms with Gasteiger partial charge in [0.1, 0.15) is 5.82 Å². The summed E-state index contributed by atoms with van der Waals surface area (Å²) < 4.78 is 39.1. The third-order valence-electron chi connectivity index (χ3n) is 3.47. The van der Waals surface area contributed by atoms with E-state index in [2.05, 4.69) is 0 Å². The van der Waals surface area contributed by atoms with Gasteiger partial charge in [-0.15, -0.1) is 0 Å². The molecule has 2 rings (SSSR count). The van der Waals surface area contributed by atoms with E-state index in [0.717, 1.165) is 18.2 Å². The van der Waals surface area contributed by atoms with Gasteiger partial charge in [0.05, 0.1) is 15.8 Å². The average molecular weight is 321 g/mol. The summed E-state index contributed by atoms with van der Waals surface area (Å²) in [5.41, 5.74) is 5.25. The Hall–Kier alpha value is -1.18. The Morgan fingerprint density at radius 2 is 2.10 bits per heavy atom. The molecule has 1 fully saturated rings. The molecule has 110 valence electrons. The highest BCUT2D eigenvalue weighted by molar-refractivity contribution is 7.89. The Kier molecular flexibility index (Phi) is 4.04. The number of sulfonamides is 1. The normalized spacial score (nSPS) is 23.9. The van der Waals surface area contributed by atoms with Crippen LogP contribution in [-0.2, 0) is 14.8 Å². The first-order valence-electron chi connectivity index (χ1n) is 5.98. The Morgan fingerprint density at radius 3 is 2.60 bits per heavy atom. The SMILES string of the molecule is C[C@@H]1CN(S(=O)(=O)c2ccc(F)c(Cl)c2)C[C@H]1C(N)=O. The van der Waals surface area contributed by atoms with Crippen LogP contribution in [0, 0.1) is 17.7 Å². The van der Waals surface area contributed by atoms with Crippen LogP contribution in [0.3, 0.4) is 0 Å². The molecule has 0 unspecified atom stereocenters. The first kappa shape index (κ1) is 15.2. The lowest BCUT2D eigenvalue weighted by Crippen LogP contribution is -2.32. The summed E-state index contributed by atoms with van der Waals surface area (Å²) in [6.45, 7) is 2.00. The molecule has 1 aromatic carbocycles. The summed E-state index contributed by atoms with van der Waals surface area (Å²) in [4.78, 5) is 11.2. The molecule has 0 radical (unpaired) electrons. The van der Waals surface area contributed by atoms with Crippen molar-refractivity contribution in [3.05, 3.63) is 29.0 Å². The van der Waals surface area contributed by atoms with Gasteiger partial charge in [0.2, 0.25) is 15.9 Å². The molecular formula is C12H14ClFN2O3S. The van der Waals surface area contributed by atoms with Crippen molar-refractivity contribution >= 4 is 27.5 Å². The van der Waals surface area contributed by atoms with Gasteiger partial charge >= 0.3 is 0 Å². The number of rotatable bonds is 3. The number of hydrogen-bond donors (Lipinski definition) is 1. The number of carbonyl (C=O) groups excluding carboxylic acids is 1. The van der Waals surface area contributed by atoms with Gasteiger partial charge in [-0.05, 0) is 24.1 Å². The Balaban J connectivity index is 2.32. The average Bonchev–Trinajstić information content (AvgIpc) is 2.75. The number of primary amides is 1. The highest BCUT2D eigenvalue weighted by Gasteiger charge is 2.39. The minimum Gasteiger partial charge on any atom is -0.369 e. The number of nitrogens with two attached hydrogens (primary N) is 1. The first-order chi connectivity index (χ1) is 9.23. The predicted molar refractivity (Wildman–Crippen MR) is 72.0 cm³/mol. The van der Waals surface area contributed by atoms with E-state index in [1.165, 1.54) is 4.31 Å². The summed E-state index contributed by atoms with van der Waals surface area (Å²) in [5.74, 6) is -1.87. The van der Waals surface area contributed by atoms with E-state index in [1.807, 2.05) is 0 Å². The molecule has 20 heavy (non-hydrogen) atoms. The molecule has 0 bridgehead atoms. The quantitative estimate of drug-likeness (QED) is 0.909. The highest BCUT2D eigenvalue weighted by atomic mass is 35.5. The molecule has 2 atom stereocenters. The van der Waals surface area contributed by atoms with Crippen LogP contribution in [0.15, 0.2) is 23.1 Å². The molecule has 1 saturated heterocycles. The van der Waals surface area contributed by atoms with Crippen molar-refractivity contribution in [2.45, 2.75) is 11.8 Å². The second-order valence-electron chi connectivity index (χ2n) is 4.88. The maximum Gasteiger partial charge on any atom is 0.243 e. The van der Waals surface area contributed by atoms with Crippen molar-refractivity contribution in [2.75, 3.05) is 13.1 Å². The molecule has 1 aromatic rings. The molecule has 0 saturated carbocycles. The van der Waals surface area contributed by atoms with Gasteiger partial charge in [-0.25, -0.2) is 12.8 Å². The molecule has 0 spiro atoms. The smallest absolute Gasteiger partial charge is 0.243 e. The Labute approximate surface area is 121 Å². The monoisotopic (exact) mass is 320 g/mol. The second kappa shape index (κ2) is 5.31. The summed E-state index contributed by atoms with van der Waals surface area (Å²) in [7, 11) is -3.80. The molecule has 1 aliphatic rings. The van der Waals surface area contributed by atoms with Gasteiger partial charge in [0, 0.05) is 13.1 Å². The van der Waals surface area contributed by atoms with Crippen molar-refractivity contribution in [2.24, 2.45) is 17.6 Å². The number of carbonyl (C=O) groups is 1. The van der Waals surface area contributed by atoms with Crippen molar-refractivity contribution < 1.29 is 17.6 Å². The minimum atomic E-state index is -3.80. The van der Waals surface area contributed by atoms with Crippen LogP contribution in [0.2, 0.25) is 5.02 Å².